The minimum Gasteiger partial charge on any atom is -0.379 e. The van der Waals surface area contributed by atoms with Crippen LogP contribution in [0.5, 0.6) is 0 Å². The SMILES string of the molecule is CC(C)OCCCNC(=O)[C@@H](c1ccccc1)N(Cc1ccc(F)cc1)C(=O)CCc1ccc(S(=O)(=O)NC2CC2)cc1. The van der Waals surface area contributed by atoms with Gasteiger partial charge in [0.25, 0.3) is 0 Å². The van der Waals surface area contributed by atoms with Crippen molar-refractivity contribution in [2.45, 2.75) is 75.6 Å². The van der Waals surface area contributed by atoms with Gasteiger partial charge in [0, 0.05) is 32.2 Å². The van der Waals surface area contributed by atoms with Gasteiger partial charge in [-0.25, -0.2) is 17.5 Å². The molecule has 1 atom stereocenters. The van der Waals surface area contributed by atoms with E-state index in [1.165, 1.54) is 17.0 Å². The molecule has 0 aromatic heterocycles. The summed E-state index contributed by atoms with van der Waals surface area (Å²) in [5, 5.41) is 2.96. The first-order valence-electron chi connectivity index (χ1n) is 14.7. The van der Waals surface area contributed by atoms with Crippen LogP contribution in [-0.4, -0.2) is 50.4 Å². The molecule has 0 bridgehead atoms. The first-order valence-corrected chi connectivity index (χ1v) is 16.2. The molecule has 1 saturated carbocycles. The average molecular weight is 610 g/mol. The van der Waals surface area contributed by atoms with E-state index >= 15 is 0 Å². The lowest BCUT2D eigenvalue weighted by Gasteiger charge is -2.32. The molecular weight excluding hydrogens is 569 g/mol. The van der Waals surface area contributed by atoms with E-state index in [1.54, 1.807) is 36.4 Å². The number of hydrogen-bond donors (Lipinski definition) is 2. The summed E-state index contributed by atoms with van der Waals surface area (Å²) >= 11 is 0. The molecule has 2 amide bonds. The fourth-order valence-electron chi connectivity index (χ4n) is 4.64. The highest BCUT2D eigenvalue weighted by atomic mass is 32.2. The summed E-state index contributed by atoms with van der Waals surface area (Å²) in [5.41, 5.74) is 2.14. The number of rotatable bonds is 16. The van der Waals surface area contributed by atoms with Crippen LogP contribution in [0.1, 0.15) is 62.3 Å². The number of aryl methyl sites for hydroxylation is 1. The van der Waals surface area contributed by atoms with E-state index in [0.717, 1.165) is 18.4 Å². The van der Waals surface area contributed by atoms with E-state index in [0.29, 0.717) is 37.1 Å². The van der Waals surface area contributed by atoms with Gasteiger partial charge in [-0.1, -0.05) is 54.6 Å². The van der Waals surface area contributed by atoms with Gasteiger partial charge in [-0.15, -0.1) is 0 Å². The van der Waals surface area contributed by atoms with E-state index in [9.17, 15) is 22.4 Å². The van der Waals surface area contributed by atoms with Gasteiger partial charge in [-0.2, -0.15) is 0 Å². The lowest BCUT2D eigenvalue weighted by molar-refractivity contribution is -0.141. The topological polar surface area (TPSA) is 105 Å². The Morgan fingerprint density at radius 1 is 0.953 bits per heavy atom. The third-order valence-corrected chi connectivity index (χ3v) is 8.63. The predicted molar refractivity (Wildman–Crippen MR) is 163 cm³/mol. The molecule has 0 aliphatic heterocycles. The molecule has 1 aliphatic rings. The van der Waals surface area contributed by atoms with Gasteiger partial charge >= 0.3 is 0 Å². The Kier molecular flexibility index (Phi) is 11.4. The van der Waals surface area contributed by atoms with Crippen molar-refractivity contribution in [1.29, 1.82) is 0 Å². The molecule has 0 saturated heterocycles. The fourth-order valence-corrected chi connectivity index (χ4v) is 5.94. The molecule has 230 valence electrons. The van der Waals surface area contributed by atoms with Gasteiger partial charge in [-0.05, 0) is 80.5 Å². The van der Waals surface area contributed by atoms with Gasteiger partial charge in [0.2, 0.25) is 21.8 Å². The van der Waals surface area contributed by atoms with E-state index in [-0.39, 0.29) is 47.6 Å². The molecule has 3 aromatic rings. The summed E-state index contributed by atoms with van der Waals surface area (Å²) < 4.78 is 46.9. The third-order valence-electron chi connectivity index (χ3n) is 7.09. The quantitative estimate of drug-likeness (QED) is 0.225. The molecule has 0 radical (unpaired) electrons. The predicted octanol–water partition coefficient (Wildman–Crippen LogP) is 4.90. The zero-order valence-electron chi connectivity index (χ0n) is 24.7. The Labute approximate surface area is 253 Å². The van der Waals surface area contributed by atoms with Crippen molar-refractivity contribution in [3.63, 3.8) is 0 Å². The lowest BCUT2D eigenvalue weighted by Crippen LogP contribution is -2.44. The zero-order chi connectivity index (χ0) is 30.8. The van der Waals surface area contributed by atoms with Gasteiger partial charge in [0.15, 0.2) is 0 Å². The molecule has 0 unspecified atom stereocenters. The van der Waals surface area contributed by atoms with Crippen LogP contribution in [-0.2, 0) is 37.3 Å². The summed E-state index contributed by atoms with van der Waals surface area (Å²) in [4.78, 5) is 29.2. The highest BCUT2D eigenvalue weighted by Crippen LogP contribution is 2.26. The second-order valence-corrected chi connectivity index (χ2v) is 12.8. The maximum absolute atomic E-state index is 13.9. The number of amides is 2. The van der Waals surface area contributed by atoms with Gasteiger partial charge < -0.3 is 15.0 Å². The van der Waals surface area contributed by atoms with Crippen molar-refractivity contribution in [3.8, 4) is 0 Å². The second-order valence-electron chi connectivity index (χ2n) is 11.1. The standard InChI is InChI=1S/C33H40FN3O5S/c1-24(2)42-22-6-21-35-33(39)32(27-7-4-3-5-8-27)37(23-26-9-14-28(34)15-10-26)31(38)20-13-25-11-18-30(19-12-25)43(40,41)36-29-16-17-29/h3-5,7-12,14-15,18-19,24,29,32,36H,6,13,16-17,20-23H2,1-2H3,(H,35,39)/t32-/m1/s1. The van der Waals surface area contributed by atoms with Crippen LogP contribution in [0.4, 0.5) is 4.39 Å². The molecule has 43 heavy (non-hydrogen) atoms. The van der Waals surface area contributed by atoms with E-state index in [4.69, 9.17) is 4.74 Å². The molecular formula is C33H40FN3O5S. The smallest absolute Gasteiger partial charge is 0.247 e. The molecule has 0 spiro atoms. The van der Waals surface area contributed by atoms with Gasteiger partial charge in [-0.3, -0.25) is 9.59 Å². The lowest BCUT2D eigenvalue weighted by atomic mass is 10.0. The highest BCUT2D eigenvalue weighted by Gasteiger charge is 2.31. The molecule has 8 nitrogen and oxygen atoms in total. The van der Waals surface area contributed by atoms with Crippen molar-refractivity contribution >= 4 is 21.8 Å². The normalized spacial score (nSPS) is 14.0. The number of carbonyl (C=O) groups excluding carboxylic acids is 2. The van der Waals surface area contributed by atoms with Crippen LogP contribution in [0.25, 0.3) is 0 Å². The Morgan fingerprint density at radius 3 is 2.23 bits per heavy atom. The summed E-state index contributed by atoms with van der Waals surface area (Å²) in [6, 6.07) is 20.6. The Hall–Kier alpha value is -3.60. The average Bonchev–Trinajstić information content (AvgIpc) is 3.80. The van der Waals surface area contributed by atoms with Crippen LogP contribution >= 0.6 is 0 Å². The second kappa shape index (κ2) is 15.2. The number of sulfonamides is 1. The minimum atomic E-state index is -3.57. The van der Waals surface area contributed by atoms with Crippen LogP contribution in [0.3, 0.4) is 0 Å². The fraction of sp³-hybridized carbons (Fsp3) is 0.394. The summed E-state index contributed by atoms with van der Waals surface area (Å²) in [5.74, 6) is -0.965. The molecule has 4 rings (SSSR count). The van der Waals surface area contributed by atoms with Crippen molar-refractivity contribution in [2.75, 3.05) is 13.2 Å². The van der Waals surface area contributed by atoms with Crippen LogP contribution in [0, 0.1) is 5.82 Å². The largest absolute Gasteiger partial charge is 0.379 e. The summed E-state index contributed by atoms with van der Waals surface area (Å²) in [7, 11) is -3.57. The number of carbonyl (C=O) groups is 2. The van der Waals surface area contributed by atoms with Crippen molar-refractivity contribution in [3.05, 3.63) is 101 Å². The zero-order valence-corrected chi connectivity index (χ0v) is 25.5. The number of nitrogens with zero attached hydrogens (tertiary/aromatic N) is 1. The maximum Gasteiger partial charge on any atom is 0.247 e. The van der Waals surface area contributed by atoms with Gasteiger partial charge in [0.1, 0.15) is 11.9 Å². The first-order chi connectivity index (χ1) is 20.6. The Balaban J connectivity index is 1.52. The van der Waals surface area contributed by atoms with Crippen molar-refractivity contribution in [2.24, 2.45) is 0 Å². The summed E-state index contributed by atoms with van der Waals surface area (Å²) in [6.45, 7) is 4.89. The minimum absolute atomic E-state index is 0.0116. The van der Waals surface area contributed by atoms with E-state index < -0.39 is 16.1 Å². The highest BCUT2D eigenvalue weighted by molar-refractivity contribution is 7.89. The first kappa shape index (κ1) is 32.3. The molecule has 0 heterocycles. The molecule has 10 heteroatoms. The number of halogens is 1. The van der Waals surface area contributed by atoms with Crippen LogP contribution < -0.4 is 10.0 Å². The van der Waals surface area contributed by atoms with E-state index in [2.05, 4.69) is 10.0 Å². The molecule has 3 aromatic carbocycles. The maximum atomic E-state index is 13.9. The number of nitrogens with one attached hydrogen (secondary N) is 2. The van der Waals surface area contributed by atoms with Crippen LogP contribution in [0.2, 0.25) is 0 Å². The van der Waals surface area contributed by atoms with Crippen molar-refractivity contribution in [1.82, 2.24) is 14.9 Å². The van der Waals surface area contributed by atoms with E-state index in [1.807, 2.05) is 44.2 Å². The number of ether oxygens (including phenoxy) is 1. The molecule has 1 fully saturated rings. The van der Waals surface area contributed by atoms with Crippen LogP contribution in [0.15, 0.2) is 83.8 Å². The van der Waals surface area contributed by atoms with Gasteiger partial charge in [0.05, 0.1) is 11.0 Å². The Bertz CT molecular complexity index is 1440. The monoisotopic (exact) mass is 609 g/mol. The number of hydrogen-bond acceptors (Lipinski definition) is 5. The molecule has 2 N–H and O–H groups in total. The number of benzene rings is 3. The Morgan fingerprint density at radius 2 is 1.60 bits per heavy atom. The third kappa shape index (κ3) is 9.98. The summed E-state index contributed by atoms with van der Waals surface area (Å²) in [6.07, 6.45) is 2.86. The van der Waals surface area contributed by atoms with Crippen molar-refractivity contribution < 1.29 is 27.1 Å². The molecule has 1 aliphatic carbocycles.